The molecule has 1 aliphatic rings. The molecular formula is C23H28N2O4. The van der Waals surface area contributed by atoms with Crippen molar-refractivity contribution in [2.75, 3.05) is 19.6 Å². The van der Waals surface area contributed by atoms with E-state index in [1.165, 1.54) is 0 Å². The maximum absolute atomic E-state index is 12.3. The van der Waals surface area contributed by atoms with Crippen LogP contribution in [0, 0.1) is 0 Å². The predicted molar refractivity (Wildman–Crippen MR) is 110 cm³/mol. The number of benzene rings is 2. The molecular weight excluding hydrogens is 368 g/mol. The third kappa shape index (κ3) is 5.43. The van der Waals surface area contributed by atoms with Gasteiger partial charge in [0.05, 0.1) is 11.7 Å². The van der Waals surface area contributed by atoms with Crippen LogP contribution in [-0.4, -0.2) is 57.8 Å². The zero-order valence-electron chi connectivity index (χ0n) is 16.7. The Morgan fingerprint density at radius 3 is 2.41 bits per heavy atom. The van der Waals surface area contributed by atoms with E-state index in [0.717, 1.165) is 11.1 Å². The molecule has 2 atom stereocenters. The molecule has 1 aliphatic heterocycles. The molecule has 2 N–H and O–H groups in total. The smallest absolute Gasteiger partial charge is 0.335 e. The van der Waals surface area contributed by atoms with Crippen molar-refractivity contribution in [2.24, 2.45) is 0 Å². The minimum absolute atomic E-state index is 0.0377. The van der Waals surface area contributed by atoms with Crippen LogP contribution in [0.5, 0.6) is 0 Å². The number of carbonyl (C=O) groups excluding carboxylic acids is 1. The number of aliphatic hydroxyl groups is 1. The van der Waals surface area contributed by atoms with Gasteiger partial charge in [0, 0.05) is 32.0 Å². The number of carbonyl (C=O) groups is 2. The Morgan fingerprint density at radius 2 is 1.76 bits per heavy atom. The standard InChI is InChI=1S/C23H28N2O4/c1-17(19-5-3-2-4-6-19)21(26)12-14-24-15-13-22(27)25(24)16-11-18-7-9-20(10-8-18)23(28)29/h2-10,17,21,26H,11-16H2,1H3,(H,28,29)/t17-,21?/m1/s1. The first-order valence-corrected chi connectivity index (χ1v) is 10.1. The van der Waals surface area contributed by atoms with Crippen molar-refractivity contribution in [3.05, 3.63) is 71.3 Å². The first-order chi connectivity index (χ1) is 14.0. The van der Waals surface area contributed by atoms with E-state index in [9.17, 15) is 14.7 Å². The molecule has 154 valence electrons. The molecule has 0 radical (unpaired) electrons. The molecule has 29 heavy (non-hydrogen) atoms. The first-order valence-electron chi connectivity index (χ1n) is 10.1. The highest BCUT2D eigenvalue weighted by atomic mass is 16.4. The summed E-state index contributed by atoms with van der Waals surface area (Å²) in [5.74, 6) is -0.811. The highest BCUT2D eigenvalue weighted by Crippen LogP contribution is 2.22. The summed E-state index contributed by atoms with van der Waals surface area (Å²) in [5, 5.41) is 23.4. The molecule has 0 saturated carbocycles. The Kier molecular flexibility index (Phi) is 7.01. The van der Waals surface area contributed by atoms with Crippen LogP contribution in [0.3, 0.4) is 0 Å². The van der Waals surface area contributed by atoms with E-state index in [1.54, 1.807) is 29.3 Å². The normalized spacial score (nSPS) is 16.8. The summed E-state index contributed by atoms with van der Waals surface area (Å²) in [6.45, 7) is 3.87. The van der Waals surface area contributed by atoms with Gasteiger partial charge in [-0.2, -0.15) is 0 Å². The van der Waals surface area contributed by atoms with Crippen LogP contribution in [0.15, 0.2) is 54.6 Å². The second kappa shape index (κ2) is 9.67. The Balaban J connectivity index is 1.52. The average molecular weight is 396 g/mol. The second-order valence-electron chi connectivity index (χ2n) is 7.53. The predicted octanol–water partition coefficient (Wildman–Crippen LogP) is 2.93. The molecule has 1 saturated heterocycles. The highest BCUT2D eigenvalue weighted by molar-refractivity contribution is 5.87. The van der Waals surface area contributed by atoms with Gasteiger partial charge in [-0.1, -0.05) is 49.4 Å². The van der Waals surface area contributed by atoms with Gasteiger partial charge in [0.2, 0.25) is 5.91 Å². The van der Waals surface area contributed by atoms with E-state index >= 15 is 0 Å². The fraction of sp³-hybridized carbons (Fsp3) is 0.391. The Bertz CT molecular complexity index is 823. The van der Waals surface area contributed by atoms with Crippen molar-refractivity contribution in [3.8, 4) is 0 Å². The van der Waals surface area contributed by atoms with Crippen molar-refractivity contribution in [1.29, 1.82) is 0 Å². The number of amides is 1. The summed E-state index contributed by atoms with van der Waals surface area (Å²) in [6.07, 6.45) is 1.26. The van der Waals surface area contributed by atoms with Gasteiger partial charge in [-0.25, -0.2) is 9.80 Å². The highest BCUT2D eigenvalue weighted by Gasteiger charge is 2.29. The lowest BCUT2D eigenvalue weighted by atomic mass is 9.93. The molecule has 1 unspecified atom stereocenters. The quantitative estimate of drug-likeness (QED) is 0.681. The molecule has 1 fully saturated rings. The molecule has 0 spiro atoms. The zero-order chi connectivity index (χ0) is 20.8. The molecule has 1 heterocycles. The van der Waals surface area contributed by atoms with E-state index in [-0.39, 0.29) is 17.4 Å². The fourth-order valence-electron chi connectivity index (χ4n) is 3.69. The Labute approximate surface area is 171 Å². The zero-order valence-corrected chi connectivity index (χ0v) is 16.7. The maximum Gasteiger partial charge on any atom is 0.335 e. The molecule has 3 rings (SSSR count). The van der Waals surface area contributed by atoms with Crippen molar-refractivity contribution < 1.29 is 19.8 Å². The molecule has 2 aromatic rings. The second-order valence-corrected chi connectivity index (χ2v) is 7.53. The van der Waals surface area contributed by atoms with Crippen molar-refractivity contribution in [1.82, 2.24) is 10.0 Å². The number of hydrogen-bond donors (Lipinski definition) is 2. The lowest BCUT2D eigenvalue weighted by Crippen LogP contribution is -2.42. The van der Waals surface area contributed by atoms with E-state index in [1.807, 2.05) is 42.3 Å². The largest absolute Gasteiger partial charge is 0.478 e. The van der Waals surface area contributed by atoms with Gasteiger partial charge in [-0.05, 0) is 36.1 Å². The molecule has 6 nitrogen and oxygen atoms in total. The fourth-order valence-corrected chi connectivity index (χ4v) is 3.69. The average Bonchev–Trinajstić information content (AvgIpc) is 3.10. The summed E-state index contributed by atoms with van der Waals surface area (Å²) in [7, 11) is 0. The Morgan fingerprint density at radius 1 is 1.07 bits per heavy atom. The van der Waals surface area contributed by atoms with Crippen LogP contribution in [0.1, 0.15) is 47.2 Å². The van der Waals surface area contributed by atoms with Crippen LogP contribution in [0.2, 0.25) is 0 Å². The van der Waals surface area contributed by atoms with Crippen LogP contribution >= 0.6 is 0 Å². The molecule has 0 aliphatic carbocycles. The maximum atomic E-state index is 12.3. The van der Waals surface area contributed by atoms with E-state index in [4.69, 9.17) is 5.11 Å². The van der Waals surface area contributed by atoms with E-state index in [2.05, 4.69) is 0 Å². The van der Waals surface area contributed by atoms with E-state index in [0.29, 0.717) is 38.9 Å². The number of hydrazine groups is 1. The summed E-state index contributed by atoms with van der Waals surface area (Å²) < 4.78 is 0. The first kappa shape index (κ1) is 21.0. The van der Waals surface area contributed by atoms with Crippen LogP contribution in [0.25, 0.3) is 0 Å². The number of nitrogens with zero attached hydrogens (tertiary/aromatic N) is 2. The lowest BCUT2D eigenvalue weighted by molar-refractivity contribution is -0.138. The van der Waals surface area contributed by atoms with Crippen molar-refractivity contribution in [3.63, 3.8) is 0 Å². The van der Waals surface area contributed by atoms with Gasteiger partial charge in [-0.3, -0.25) is 9.80 Å². The van der Waals surface area contributed by atoms with Crippen molar-refractivity contribution >= 4 is 11.9 Å². The molecule has 1 amide bonds. The van der Waals surface area contributed by atoms with Gasteiger partial charge >= 0.3 is 5.97 Å². The van der Waals surface area contributed by atoms with Gasteiger partial charge in [0.15, 0.2) is 0 Å². The Hall–Kier alpha value is -2.70. The van der Waals surface area contributed by atoms with Gasteiger partial charge < -0.3 is 10.2 Å². The minimum Gasteiger partial charge on any atom is -0.478 e. The number of aliphatic hydroxyl groups excluding tert-OH is 1. The van der Waals surface area contributed by atoms with Crippen LogP contribution in [0.4, 0.5) is 0 Å². The molecule has 6 heteroatoms. The molecule has 0 aromatic heterocycles. The number of hydrogen-bond acceptors (Lipinski definition) is 4. The number of carboxylic acids is 1. The number of rotatable bonds is 9. The third-order valence-electron chi connectivity index (χ3n) is 5.61. The summed E-state index contributed by atoms with van der Waals surface area (Å²) in [6, 6.07) is 16.7. The van der Waals surface area contributed by atoms with Gasteiger partial charge in [0.1, 0.15) is 0 Å². The molecule has 2 aromatic carbocycles. The lowest BCUT2D eigenvalue weighted by Gasteiger charge is -2.29. The minimum atomic E-state index is -0.944. The topological polar surface area (TPSA) is 81.1 Å². The summed E-state index contributed by atoms with van der Waals surface area (Å²) in [5.41, 5.74) is 2.36. The van der Waals surface area contributed by atoms with Crippen LogP contribution in [-0.2, 0) is 11.2 Å². The monoisotopic (exact) mass is 396 g/mol. The number of aromatic carboxylic acids is 1. The van der Waals surface area contributed by atoms with Crippen LogP contribution < -0.4 is 0 Å². The third-order valence-corrected chi connectivity index (χ3v) is 5.61. The number of carboxylic acid groups (broad SMARTS) is 1. The van der Waals surface area contributed by atoms with E-state index < -0.39 is 12.1 Å². The summed E-state index contributed by atoms with van der Waals surface area (Å²) in [4.78, 5) is 23.2. The summed E-state index contributed by atoms with van der Waals surface area (Å²) >= 11 is 0. The SMILES string of the molecule is C[C@H](c1ccccc1)C(O)CCN1CCC(=O)N1CCc1ccc(C(=O)O)cc1. The van der Waals surface area contributed by atoms with Crippen molar-refractivity contribution in [2.45, 2.75) is 38.2 Å². The van der Waals surface area contributed by atoms with Gasteiger partial charge in [-0.15, -0.1) is 0 Å². The molecule has 0 bridgehead atoms. The van der Waals surface area contributed by atoms with Gasteiger partial charge in [0.25, 0.3) is 0 Å².